The number of rotatable bonds is 6. The van der Waals surface area contributed by atoms with Gasteiger partial charge >= 0.3 is 0 Å². The number of aliphatic hydroxyl groups excluding tert-OH is 1. The molecule has 1 aliphatic rings. The van der Waals surface area contributed by atoms with Crippen molar-refractivity contribution in [2.45, 2.75) is 37.6 Å². The Morgan fingerprint density at radius 3 is 2.72 bits per heavy atom. The Morgan fingerprint density at radius 2 is 1.97 bits per heavy atom. The summed E-state index contributed by atoms with van der Waals surface area (Å²) in [6.07, 6.45) is 0.450. The molecule has 0 bridgehead atoms. The zero-order chi connectivity index (χ0) is 20.4. The number of halogens is 2. The Hall–Kier alpha value is -1.64. The number of hydrogen-bond donors (Lipinski definition) is 1. The van der Waals surface area contributed by atoms with Crippen molar-refractivity contribution in [2.24, 2.45) is 5.18 Å². The lowest BCUT2D eigenvalue weighted by Crippen LogP contribution is -2.32. The van der Waals surface area contributed by atoms with Gasteiger partial charge in [0, 0.05) is 33.9 Å². The summed E-state index contributed by atoms with van der Waals surface area (Å²) >= 11 is 9.59. The summed E-state index contributed by atoms with van der Waals surface area (Å²) in [5.74, 6) is -0.246. The molecule has 0 amide bonds. The molecule has 3 atom stereocenters. The zero-order valence-electron chi connectivity index (χ0n) is 15.4. The second-order valence-corrected chi connectivity index (χ2v) is 9.94. The molecule has 29 heavy (non-hydrogen) atoms. The standard InChI is InChI=1S/C21H19ClFNO3S2/c22-21-13(7-17-5-6-19(28-17)12-1-3-14(23)4-2-12)8-20(29-21)18-10-15(25)9-16(27-18)11-24-26/h1-6,8,15-16,18,25H,7,9-11H2. The Bertz CT molecular complexity index is 988. The van der Waals surface area contributed by atoms with Crippen molar-refractivity contribution in [3.63, 3.8) is 0 Å². The van der Waals surface area contributed by atoms with Gasteiger partial charge in [-0.15, -0.1) is 22.7 Å². The van der Waals surface area contributed by atoms with Crippen LogP contribution in [0.15, 0.2) is 47.6 Å². The van der Waals surface area contributed by atoms with Crippen LogP contribution in [-0.2, 0) is 11.2 Å². The molecule has 0 spiro atoms. The van der Waals surface area contributed by atoms with Gasteiger partial charge in [-0.05, 0) is 41.5 Å². The predicted molar refractivity (Wildman–Crippen MR) is 115 cm³/mol. The molecule has 3 aromatic rings. The van der Waals surface area contributed by atoms with E-state index in [1.807, 2.05) is 12.1 Å². The summed E-state index contributed by atoms with van der Waals surface area (Å²) < 4.78 is 19.8. The van der Waals surface area contributed by atoms with Crippen LogP contribution in [0.1, 0.15) is 34.3 Å². The number of hydrogen-bond acceptors (Lipinski definition) is 6. The fourth-order valence-electron chi connectivity index (χ4n) is 3.51. The van der Waals surface area contributed by atoms with E-state index in [0.717, 1.165) is 25.8 Å². The summed E-state index contributed by atoms with van der Waals surface area (Å²) in [7, 11) is 0. The number of ether oxygens (including phenoxy) is 1. The van der Waals surface area contributed by atoms with Gasteiger partial charge < -0.3 is 9.84 Å². The van der Waals surface area contributed by atoms with Gasteiger partial charge in [0.05, 0.1) is 22.6 Å². The first-order valence-electron chi connectivity index (χ1n) is 9.27. The third kappa shape index (κ3) is 4.92. The third-order valence-corrected chi connectivity index (χ3v) is 7.57. The minimum absolute atomic E-state index is 0.0425. The third-order valence-electron chi connectivity index (χ3n) is 4.90. The largest absolute Gasteiger partial charge is 0.393 e. The van der Waals surface area contributed by atoms with Gasteiger partial charge in [0.15, 0.2) is 0 Å². The van der Waals surface area contributed by atoms with Crippen LogP contribution in [0, 0.1) is 10.7 Å². The van der Waals surface area contributed by atoms with Crippen LogP contribution in [0.5, 0.6) is 0 Å². The van der Waals surface area contributed by atoms with Crippen molar-refractivity contribution in [3.8, 4) is 10.4 Å². The number of benzene rings is 1. The molecule has 0 aliphatic carbocycles. The summed E-state index contributed by atoms with van der Waals surface area (Å²) in [4.78, 5) is 13.7. The molecule has 3 heterocycles. The summed E-state index contributed by atoms with van der Waals surface area (Å²) in [6.45, 7) is 0.0425. The molecule has 1 fully saturated rings. The summed E-state index contributed by atoms with van der Waals surface area (Å²) in [5, 5.41) is 13.0. The van der Waals surface area contributed by atoms with Gasteiger partial charge in [-0.1, -0.05) is 28.9 Å². The smallest absolute Gasteiger partial charge is 0.123 e. The highest BCUT2D eigenvalue weighted by atomic mass is 35.5. The maximum absolute atomic E-state index is 13.1. The second kappa shape index (κ2) is 9.02. The highest BCUT2D eigenvalue weighted by molar-refractivity contribution is 7.16. The minimum atomic E-state index is -0.514. The molecule has 4 nitrogen and oxygen atoms in total. The predicted octanol–water partition coefficient (Wildman–Crippen LogP) is 6.21. The maximum atomic E-state index is 13.1. The van der Waals surface area contributed by atoms with Crippen LogP contribution in [0.3, 0.4) is 0 Å². The van der Waals surface area contributed by atoms with E-state index in [1.54, 1.807) is 23.5 Å². The van der Waals surface area contributed by atoms with Gasteiger partial charge in [0.1, 0.15) is 12.4 Å². The molecule has 1 N–H and O–H groups in total. The SMILES string of the molecule is O=NCC1CC(O)CC(c2cc(Cc3ccc(-c4ccc(F)cc4)s3)c(Cl)s2)O1. The van der Waals surface area contributed by atoms with E-state index in [1.165, 1.54) is 23.5 Å². The average Bonchev–Trinajstić information content (AvgIpc) is 3.30. The lowest BCUT2D eigenvalue weighted by atomic mass is 9.99. The number of nitrogens with zero attached hydrogens (tertiary/aromatic N) is 1. The Balaban J connectivity index is 1.49. The van der Waals surface area contributed by atoms with Crippen molar-refractivity contribution in [1.29, 1.82) is 0 Å². The van der Waals surface area contributed by atoms with E-state index in [-0.39, 0.29) is 24.6 Å². The molecular weight excluding hydrogens is 433 g/mol. The fraction of sp³-hybridized carbons (Fsp3) is 0.333. The van der Waals surface area contributed by atoms with Crippen molar-refractivity contribution in [1.82, 2.24) is 0 Å². The van der Waals surface area contributed by atoms with E-state index in [0.29, 0.717) is 23.6 Å². The van der Waals surface area contributed by atoms with Gasteiger partial charge in [-0.25, -0.2) is 4.39 Å². The highest BCUT2D eigenvalue weighted by Crippen LogP contribution is 2.40. The Morgan fingerprint density at radius 1 is 1.17 bits per heavy atom. The van der Waals surface area contributed by atoms with Gasteiger partial charge in [0.2, 0.25) is 0 Å². The van der Waals surface area contributed by atoms with Crippen LogP contribution < -0.4 is 0 Å². The van der Waals surface area contributed by atoms with E-state index in [4.69, 9.17) is 16.3 Å². The molecule has 0 saturated carbocycles. The molecule has 1 aromatic carbocycles. The normalized spacial score (nSPS) is 22.0. The first kappa shape index (κ1) is 20.6. The first-order valence-corrected chi connectivity index (χ1v) is 11.3. The van der Waals surface area contributed by atoms with E-state index in [2.05, 4.69) is 11.2 Å². The lowest BCUT2D eigenvalue weighted by molar-refractivity contribution is -0.0916. The first-order chi connectivity index (χ1) is 14.0. The monoisotopic (exact) mass is 451 g/mol. The lowest BCUT2D eigenvalue weighted by Gasteiger charge is -2.31. The van der Waals surface area contributed by atoms with Crippen LogP contribution in [0.25, 0.3) is 10.4 Å². The van der Waals surface area contributed by atoms with E-state index >= 15 is 0 Å². The number of aliphatic hydroxyl groups is 1. The van der Waals surface area contributed by atoms with Crippen LogP contribution in [-0.4, -0.2) is 23.9 Å². The van der Waals surface area contributed by atoms with Crippen molar-refractivity contribution >= 4 is 34.3 Å². The molecule has 8 heteroatoms. The minimum Gasteiger partial charge on any atom is -0.393 e. The quantitative estimate of drug-likeness (QED) is 0.453. The molecule has 1 saturated heterocycles. The average molecular weight is 452 g/mol. The van der Waals surface area contributed by atoms with Crippen molar-refractivity contribution < 1.29 is 14.2 Å². The highest BCUT2D eigenvalue weighted by Gasteiger charge is 2.31. The van der Waals surface area contributed by atoms with Crippen molar-refractivity contribution in [3.05, 3.63) is 72.8 Å². The Kier molecular flexibility index (Phi) is 6.41. The van der Waals surface area contributed by atoms with E-state index < -0.39 is 6.10 Å². The van der Waals surface area contributed by atoms with Crippen molar-refractivity contribution in [2.75, 3.05) is 6.54 Å². The summed E-state index contributed by atoms with van der Waals surface area (Å²) in [6, 6.07) is 12.6. The molecule has 2 aromatic heterocycles. The summed E-state index contributed by atoms with van der Waals surface area (Å²) in [5.41, 5.74) is 1.99. The fourth-order valence-corrected chi connectivity index (χ4v) is 5.89. The topological polar surface area (TPSA) is 58.9 Å². The van der Waals surface area contributed by atoms with Gasteiger partial charge in [-0.2, -0.15) is 4.91 Å². The van der Waals surface area contributed by atoms with Crippen LogP contribution in [0.4, 0.5) is 4.39 Å². The maximum Gasteiger partial charge on any atom is 0.123 e. The van der Waals surface area contributed by atoms with Gasteiger partial charge in [0.25, 0.3) is 0 Å². The number of thiophene rings is 2. The molecule has 4 rings (SSSR count). The zero-order valence-corrected chi connectivity index (χ0v) is 17.8. The molecule has 152 valence electrons. The van der Waals surface area contributed by atoms with Crippen LogP contribution in [0.2, 0.25) is 4.34 Å². The van der Waals surface area contributed by atoms with E-state index in [9.17, 15) is 14.4 Å². The molecule has 3 unspecified atom stereocenters. The second-order valence-electron chi connectivity index (χ2n) is 7.08. The van der Waals surface area contributed by atoms with Crippen LogP contribution >= 0.6 is 34.3 Å². The number of nitroso groups, excluding NO2 is 1. The molecular formula is C21H19ClFNO3S2. The Labute approximate surface area is 180 Å². The molecule has 1 aliphatic heterocycles. The molecule has 0 radical (unpaired) electrons. The van der Waals surface area contributed by atoms with Gasteiger partial charge in [-0.3, -0.25) is 0 Å².